The summed E-state index contributed by atoms with van der Waals surface area (Å²) in [6, 6.07) is 1.28. The van der Waals surface area contributed by atoms with Gasteiger partial charge >= 0.3 is 0 Å². The molecule has 0 saturated carbocycles. The van der Waals surface area contributed by atoms with Crippen molar-refractivity contribution in [3.05, 3.63) is 0 Å². The minimum absolute atomic E-state index is 0.387. The molecule has 0 radical (unpaired) electrons. The molecule has 1 rings (SSSR count). The van der Waals surface area contributed by atoms with Crippen LogP contribution in [-0.2, 0) is 0 Å². The second-order valence-electron chi connectivity index (χ2n) is 7.51. The smallest absolute Gasteiger partial charge is 0.00724 e. The average molecular weight is 240 g/mol. The van der Waals surface area contributed by atoms with Crippen LogP contribution in [0.15, 0.2) is 0 Å². The van der Waals surface area contributed by atoms with Gasteiger partial charge < -0.3 is 10.6 Å². The molecule has 0 bridgehead atoms. The molecule has 1 aliphatic rings. The molecule has 1 fully saturated rings. The summed E-state index contributed by atoms with van der Waals surface area (Å²) in [5.41, 5.74) is 0.777. The van der Waals surface area contributed by atoms with Crippen LogP contribution in [0.25, 0.3) is 0 Å². The lowest BCUT2D eigenvalue weighted by Crippen LogP contribution is -2.47. The lowest BCUT2D eigenvalue weighted by molar-refractivity contribution is 0.192. The zero-order valence-corrected chi connectivity index (χ0v) is 12.7. The topological polar surface area (TPSA) is 24.1 Å². The molecule has 0 aromatic rings. The van der Waals surface area contributed by atoms with E-state index in [9.17, 15) is 0 Å². The van der Waals surface area contributed by atoms with Crippen molar-refractivity contribution in [2.45, 2.75) is 72.9 Å². The van der Waals surface area contributed by atoms with E-state index in [0.29, 0.717) is 22.9 Å². The highest BCUT2D eigenvalue weighted by Crippen LogP contribution is 2.27. The fraction of sp³-hybridized carbons (Fsp3) is 1.00. The zero-order chi connectivity index (χ0) is 13.1. The average Bonchev–Trinajstić information content (AvgIpc) is 2.13. The third-order valence-corrected chi connectivity index (χ3v) is 3.88. The van der Waals surface area contributed by atoms with Crippen molar-refractivity contribution >= 4 is 0 Å². The summed E-state index contributed by atoms with van der Waals surface area (Å²) in [7, 11) is 0. The van der Waals surface area contributed by atoms with Crippen molar-refractivity contribution in [1.29, 1.82) is 0 Å². The van der Waals surface area contributed by atoms with Gasteiger partial charge in [-0.15, -0.1) is 0 Å². The number of hydrogen-bond donors (Lipinski definition) is 2. The van der Waals surface area contributed by atoms with E-state index in [1.807, 2.05) is 0 Å². The van der Waals surface area contributed by atoms with Crippen molar-refractivity contribution in [3.63, 3.8) is 0 Å². The molecular weight excluding hydrogens is 208 g/mol. The summed E-state index contributed by atoms with van der Waals surface area (Å²) in [5, 5.41) is 7.49. The third kappa shape index (κ3) is 5.39. The molecule has 2 N–H and O–H groups in total. The monoisotopic (exact) mass is 240 g/mol. The van der Waals surface area contributed by atoms with E-state index in [1.165, 1.54) is 19.3 Å². The normalized spacial score (nSPS) is 34.2. The number of hydrogen-bond acceptors (Lipinski definition) is 2. The summed E-state index contributed by atoms with van der Waals surface area (Å²) >= 11 is 0. The summed E-state index contributed by atoms with van der Waals surface area (Å²) in [5.74, 6) is 0. The summed E-state index contributed by atoms with van der Waals surface area (Å²) in [6.45, 7) is 16.4. The van der Waals surface area contributed by atoms with E-state index in [1.54, 1.807) is 0 Å². The molecule has 1 unspecified atom stereocenters. The molecule has 0 amide bonds. The Kier molecular flexibility index (Phi) is 5.03. The molecule has 0 spiro atoms. The SMILES string of the molecule is CCC1CC(C)(C)CNCC(C)(C)C[C@@H](C)N1. The molecule has 2 atom stereocenters. The molecule has 0 aliphatic carbocycles. The maximum absolute atomic E-state index is 3.82. The van der Waals surface area contributed by atoms with E-state index >= 15 is 0 Å². The van der Waals surface area contributed by atoms with Crippen LogP contribution in [-0.4, -0.2) is 25.2 Å². The van der Waals surface area contributed by atoms with Gasteiger partial charge in [0, 0.05) is 25.2 Å². The molecule has 1 heterocycles. The Morgan fingerprint density at radius 1 is 1.00 bits per heavy atom. The van der Waals surface area contributed by atoms with Gasteiger partial charge in [-0.2, -0.15) is 0 Å². The molecule has 17 heavy (non-hydrogen) atoms. The van der Waals surface area contributed by atoms with Crippen molar-refractivity contribution in [1.82, 2.24) is 10.6 Å². The maximum atomic E-state index is 3.82. The molecule has 1 aliphatic heterocycles. The van der Waals surface area contributed by atoms with Crippen LogP contribution in [0.4, 0.5) is 0 Å². The van der Waals surface area contributed by atoms with Gasteiger partial charge in [0.05, 0.1) is 0 Å². The minimum Gasteiger partial charge on any atom is -0.316 e. The van der Waals surface area contributed by atoms with E-state index in [2.05, 4.69) is 52.2 Å². The van der Waals surface area contributed by atoms with Gasteiger partial charge in [-0.25, -0.2) is 0 Å². The minimum atomic E-state index is 0.387. The Bertz CT molecular complexity index is 233. The summed E-state index contributed by atoms with van der Waals surface area (Å²) < 4.78 is 0. The summed E-state index contributed by atoms with van der Waals surface area (Å²) in [4.78, 5) is 0. The Hall–Kier alpha value is -0.0800. The molecule has 2 heteroatoms. The molecule has 0 aromatic carbocycles. The fourth-order valence-electron chi connectivity index (χ4n) is 3.16. The van der Waals surface area contributed by atoms with Crippen LogP contribution < -0.4 is 10.6 Å². The van der Waals surface area contributed by atoms with Crippen LogP contribution in [0.3, 0.4) is 0 Å². The first-order valence-corrected chi connectivity index (χ1v) is 7.21. The number of rotatable bonds is 1. The summed E-state index contributed by atoms with van der Waals surface area (Å²) in [6.07, 6.45) is 3.74. The third-order valence-electron chi connectivity index (χ3n) is 3.88. The van der Waals surface area contributed by atoms with E-state index in [4.69, 9.17) is 0 Å². The van der Waals surface area contributed by atoms with Gasteiger partial charge in [-0.3, -0.25) is 0 Å². The van der Waals surface area contributed by atoms with Gasteiger partial charge in [0.15, 0.2) is 0 Å². The maximum Gasteiger partial charge on any atom is 0.00724 e. The van der Waals surface area contributed by atoms with Gasteiger partial charge in [-0.05, 0) is 37.0 Å². The lowest BCUT2D eigenvalue weighted by atomic mass is 9.81. The predicted molar refractivity (Wildman–Crippen MR) is 76.3 cm³/mol. The van der Waals surface area contributed by atoms with Crippen molar-refractivity contribution in [2.24, 2.45) is 10.8 Å². The molecule has 102 valence electrons. The first kappa shape index (κ1) is 15.0. The molecule has 0 aromatic heterocycles. The zero-order valence-electron chi connectivity index (χ0n) is 12.7. The first-order valence-electron chi connectivity index (χ1n) is 7.21. The standard InChI is InChI=1S/C15H32N2/c1-7-13-9-15(5,6)11-16-10-14(3,4)8-12(2)17-13/h12-13,16-17H,7-11H2,1-6H3/t12-,13?/m1/s1. The predicted octanol–water partition coefficient (Wildman–Crippen LogP) is 3.18. The second kappa shape index (κ2) is 5.71. The fourth-order valence-corrected chi connectivity index (χ4v) is 3.16. The lowest BCUT2D eigenvalue weighted by Gasteiger charge is -2.38. The van der Waals surface area contributed by atoms with Crippen molar-refractivity contribution in [2.75, 3.05) is 13.1 Å². The Morgan fingerprint density at radius 2 is 1.53 bits per heavy atom. The highest BCUT2D eigenvalue weighted by molar-refractivity contribution is 4.86. The Labute approximate surface area is 108 Å². The van der Waals surface area contributed by atoms with Crippen LogP contribution in [0.1, 0.15) is 60.8 Å². The van der Waals surface area contributed by atoms with Crippen molar-refractivity contribution < 1.29 is 0 Å². The largest absolute Gasteiger partial charge is 0.316 e. The van der Waals surface area contributed by atoms with Crippen LogP contribution in [0.5, 0.6) is 0 Å². The Morgan fingerprint density at radius 3 is 2.06 bits per heavy atom. The van der Waals surface area contributed by atoms with E-state index in [0.717, 1.165) is 13.1 Å². The first-order chi connectivity index (χ1) is 7.74. The van der Waals surface area contributed by atoms with E-state index < -0.39 is 0 Å². The van der Waals surface area contributed by atoms with Gasteiger partial charge in [0.1, 0.15) is 0 Å². The highest BCUT2D eigenvalue weighted by Gasteiger charge is 2.28. The van der Waals surface area contributed by atoms with Crippen LogP contribution in [0, 0.1) is 10.8 Å². The van der Waals surface area contributed by atoms with Gasteiger partial charge in [0.2, 0.25) is 0 Å². The molecular formula is C15H32N2. The van der Waals surface area contributed by atoms with Gasteiger partial charge in [-0.1, -0.05) is 34.6 Å². The van der Waals surface area contributed by atoms with E-state index in [-0.39, 0.29) is 0 Å². The molecule has 1 saturated heterocycles. The van der Waals surface area contributed by atoms with Crippen LogP contribution >= 0.6 is 0 Å². The van der Waals surface area contributed by atoms with Gasteiger partial charge in [0.25, 0.3) is 0 Å². The van der Waals surface area contributed by atoms with Crippen LogP contribution in [0.2, 0.25) is 0 Å². The van der Waals surface area contributed by atoms with Crippen molar-refractivity contribution in [3.8, 4) is 0 Å². The highest BCUT2D eigenvalue weighted by atomic mass is 15.0. The Balaban J connectivity index is 2.72. The quantitative estimate of drug-likeness (QED) is 0.735. The second-order valence-corrected chi connectivity index (χ2v) is 7.51. The number of nitrogens with one attached hydrogen (secondary N) is 2. The molecule has 2 nitrogen and oxygen atoms in total.